The highest BCUT2D eigenvalue weighted by Crippen LogP contribution is 2.15. The minimum Gasteiger partial charge on any atom is -0.396 e. The Morgan fingerprint density at radius 2 is 1.79 bits per heavy atom. The van der Waals surface area contributed by atoms with Crippen LogP contribution in [0.1, 0.15) is 52.9 Å². The van der Waals surface area contributed by atoms with Crippen LogP contribution in [0.5, 0.6) is 0 Å². The highest BCUT2D eigenvalue weighted by atomic mass is 16.3. The molecule has 0 bridgehead atoms. The van der Waals surface area contributed by atoms with E-state index < -0.39 is 0 Å². The second-order valence-electron chi connectivity index (χ2n) is 4.67. The van der Waals surface area contributed by atoms with E-state index in [1.807, 2.05) is 0 Å². The van der Waals surface area contributed by atoms with Gasteiger partial charge in [-0.3, -0.25) is 0 Å². The Hall–Kier alpha value is -0.0800. The highest BCUT2D eigenvalue weighted by molar-refractivity contribution is 4.61. The molecule has 86 valence electrons. The first-order valence-corrected chi connectivity index (χ1v) is 5.89. The Bertz CT molecular complexity index is 119. The molecule has 14 heavy (non-hydrogen) atoms. The van der Waals surface area contributed by atoms with Crippen LogP contribution in [0.25, 0.3) is 0 Å². The van der Waals surface area contributed by atoms with Gasteiger partial charge < -0.3 is 10.2 Å². The summed E-state index contributed by atoms with van der Waals surface area (Å²) in [5, 5.41) is 18.6. The van der Waals surface area contributed by atoms with Crippen LogP contribution >= 0.6 is 0 Å². The largest absolute Gasteiger partial charge is 0.396 e. The van der Waals surface area contributed by atoms with Crippen molar-refractivity contribution in [2.75, 3.05) is 6.61 Å². The van der Waals surface area contributed by atoms with Crippen molar-refractivity contribution >= 4 is 0 Å². The lowest BCUT2D eigenvalue weighted by Crippen LogP contribution is -2.11. The number of hydrogen-bond acceptors (Lipinski definition) is 2. The average molecular weight is 202 g/mol. The van der Waals surface area contributed by atoms with Gasteiger partial charge in [0.05, 0.1) is 6.10 Å². The van der Waals surface area contributed by atoms with Crippen LogP contribution < -0.4 is 0 Å². The Labute approximate surface area is 88.3 Å². The van der Waals surface area contributed by atoms with E-state index >= 15 is 0 Å². The molecule has 0 saturated heterocycles. The van der Waals surface area contributed by atoms with Crippen LogP contribution in [0.2, 0.25) is 0 Å². The molecule has 0 aliphatic heterocycles. The molecule has 0 amide bonds. The zero-order chi connectivity index (χ0) is 11.0. The van der Waals surface area contributed by atoms with E-state index in [0.717, 1.165) is 32.1 Å². The quantitative estimate of drug-likeness (QED) is 0.635. The molecule has 0 radical (unpaired) electrons. The van der Waals surface area contributed by atoms with E-state index in [4.69, 9.17) is 5.11 Å². The molecule has 0 aromatic carbocycles. The third-order valence-corrected chi connectivity index (χ3v) is 2.73. The fourth-order valence-corrected chi connectivity index (χ4v) is 1.73. The number of hydrogen-bond donors (Lipinski definition) is 2. The molecular weight excluding hydrogens is 176 g/mol. The third-order valence-electron chi connectivity index (χ3n) is 2.73. The average Bonchev–Trinajstić information content (AvgIpc) is 2.11. The predicted molar refractivity (Wildman–Crippen MR) is 60.2 cm³/mol. The molecule has 2 heteroatoms. The fraction of sp³-hybridized carbons (Fsp3) is 1.00. The molecule has 0 aromatic heterocycles. The van der Waals surface area contributed by atoms with Gasteiger partial charge >= 0.3 is 0 Å². The Morgan fingerprint density at radius 1 is 1.14 bits per heavy atom. The van der Waals surface area contributed by atoms with E-state index in [-0.39, 0.29) is 12.7 Å². The highest BCUT2D eigenvalue weighted by Gasteiger charge is 2.09. The Balaban J connectivity index is 3.42. The van der Waals surface area contributed by atoms with Crippen molar-refractivity contribution in [3.63, 3.8) is 0 Å². The molecule has 0 aromatic rings. The zero-order valence-corrected chi connectivity index (χ0v) is 9.87. The van der Waals surface area contributed by atoms with Crippen LogP contribution in [0.3, 0.4) is 0 Å². The fourth-order valence-electron chi connectivity index (χ4n) is 1.73. The first kappa shape index (κ1) is 13.9. The molecular formula is C12H26O2. The van der Waals surface area contributed by atoms with Gasteiger partial charge in [-0.1, -0.05) is 33.6 Å². The lowest BCUT2D eigenvalue weighted by Gasteiger charge is -2.15. The van der Waals surface area contributed by atoms with E-state index in [9.17, 15) is 5.11 Å². The van der Waals surface area contributed by atoms with Crippen molar-refractivity contribution < 1.29 is 10.2 Å². The van der Waals surface area contributed by atoms with Gasteiger partial charge in [-0.05, 0) is 31.1 Å². The van der Waals surface area contributed by atoms with Gasteiger partial charge in [0, 0.05) is 6.61 Å². The smallest absolute Gasteiger partial charge is 0.0542 e. The van der Waals surface area contributed by atoms with Crippen LogP contribution in [0.4, 0.5) is 0 Å². The van der Waals surface area contributed by atoms with E-state index in [1.54, 1.807) is 0 Å². The van der Waals surface area contributed by atoms with Crippen molar-refractivity contribution in [3.8, 4) is 0 Å². The van der Waals surface area contributed by atoms with E-state index in [0.29, 0.717) is 11.8 Å². The van der Waals surface area contributed by atoms with Gasteiger partial charge in [-0.25, -0.2) is 0 Å². The zero-order valence-electron chi connectivity index (χ0n) is 9.87. The van der Waals surface area contributed by atoms with Crippen LogP contribution in [-0.2, 0) is 0 Å². The molecule has 0 aliphatic rings. The number of aliphatic hydroxyl groups is 2. The third kappa shape index (κ3) is 7.34. The van der Waals surface area contributed by atoms with Gasteiger partial charge in [0.25, 0.3) is 0 Å². The van der Waals surface area contributed by atoms with Crippen LogP contribution in [0.15, 0.2) is 0 Å². The molecule has 0 fully saturated rings. The first-order valence-electron chi connectivity index (χ1n) is 5.89. The molecule has 0 rings (SSSR count). The summed E-state index contributed by atoms with van der Waals surface area (Å²) in [5.41, 5.74) is 0. The summed E-state index contributed by atoms with van der Waals surface area (Å²) in [6, 6.07) is 0. The van der Waals surface area contributed by atoms with Crippen molar-refractivity contribution in [3.05, 3.63) is 0 Å². The van der Waals surface area contributed by atoms with Gasteiger partial charge in [0.15, 0.2) is 0 Å². The molecule has 0 heterocycles. The van der Waals surface area contributed by atoms with Crippen molar-refractivity contribution in [1.82, 2.24) is 0 Å². The molecule has 2 atom stereocenters. The summed E-state index contributed by atoms with van der Waals surface area (Å²) in [6.07, 6.45) is 4.75. The maximum absolute atomic E-state index is 9.62. The summed E-state index contributed by atoms with van der Waals surface area (Å²) in [4.78, 5) is 0. The monoisotopic (exact) mass is 202 g/mol. The lowest BCUT2D eigenvalue weighted by molar-refractivity contribution is 0.130. The topological polar surface area (TPSA) is 40.5 Å². The Kier molecular flexibility index (Phi) is 8.20. The normalized spacial score (nSPS) is 15.9. The standard InChI is InChI=1S/C12H26O2/c1-4-11(9-13)6-5-7-12(14)8-10(2)3/h10-14H,4-9H2,1-3H3. The molecule has 0 spiro atoms. The van der Waals surface area contributed by atoms with Crippen LogP contribution in [-0.4, -0.2) is 22.9 Å². The van der Waals surface area contributed by atoms with Gasteiger partial charge in [0.2, 0.25) is 0 Å². The maximum atomic E-state index is 9.62. The van der Waals surface area contributed by atoms with Crippen molar-refractivity contribution in [1.29, 1.82) is 0 Å². The van der Waals surface area contributed by atoms with Crippen molar-refractivity contribution in [2.24, 2.45) is 11.8 Å². The summed E-state index contributed by atoms with van der Waals surface area (Å²) >= 11 is 0. The minimum atomic E-state index is -0.147. The lowest BCUT2D eigenvalue weighted by atomic mass is 9.96. The van der Waals surface area contributed by atoms with Crippen molar-refractivity contribution in [2.45, 2.75) is 59.0 Å². The molecule has 2 unspecified atom stereocenters. The minimum absolute atomic E-state index is 0.147. The summed E-state index contributed by atoms with van der Waals surface area (Å²) in [7, 11) is 0. The maximum Gasteiger partial charge on any atom is 0.0542 e. The second-order valence-corrected chi connectivity index (χ2v) is 4.67. The van der Waals surface area contributed by atoms with Crippen LogP contribution in [0, 0.1) is 11.8 Å². The van der Waals surface area contributed by atoms with Gasteiger partial charge in [-0.15, -0.1) is 0 Å². The van der Waals surface area contributed by atoms with E-state index in [1.165, 1.54) is 0 Å². The van der Waals surface area contributed by atoms with Gasteiger partial charge in [0.1, 0.15) is 0 Å². The molecule has 0 aliphatic carbocycles. The van der Waals surface area contributed by atoms with Gasteiger partial charge in [-0.2, -0.15) is 0 Å². The Morgan fingerprint density at radius 3 is 2.21 bits per heavy atom. The molecule has 2 nitrogen and oxygen atoms in total. The van der Waals surface area contributed by atoms with E-state index in [2.05, 4.69) is 20.8 Å². The number of rotatable bonds is 8. The summed E-state index contributed by atoms with van der Waals surface area (Å²) in [6.45, 7) is 6.65. The summed E-state index contributed by atoms with van der Waals surface area (Å²) < 4.78 is 0. The predicted octanol–water partition coefficient (Wildman–Crippen LogP) is 2.58. The summed E-state index contributed by atoms with van der Waals surface area (Å²) in [5.74, 6) is 1.01. The second kappa shape index (κ2) is 8.25. The number of aliphatic hydroxyl groups excluding tert-OH is 2. The first-order chi connectivity index (χ1) is 6.60. The molecule has 0 saturated carbocycles. The SMILES string of the molecule is CCC(CO)CCCC(O)CC(C)C. The molecule has 2 N–H and O–H groups in total.